The number of amides is 2. The molecule has 5 nitrogen and oxygen atoms in total. The molecule has 0 unspecified atom stereocenters. The average molecular weight is 261 g/mol. The summed E-state index contributed by atoms with van der Waals surface area (Å²) in [5, 5.41) is 4.15. The fourth-order valence-corrected chi connectivity index (χ4v) is 2.69. The van der Waals surface area contributed by atoms with Crippen LogP contribution in [0.15, 0.2) is 23.3 Å². The molecule has 1 aromatic rings. The number of hydrogen-bond donors (Lipinski definition) is 2. The molecule has 5 heteroatoms. The van der Waals surface area contributed by atoms with Crippen LogP contribution in [0.3, 0.4) is 0 Å². The number of aryl methyl sites for hydroxylation is 1. The molecule has 19 heavy (non-hydrogen) atoms. The van der Waals surface area contributed by atoms with Gasteiger partial charge in [-0.3, -0.25) is 0 Å². The lowest BCUT2D eigenvalue weighted by molar-refractivity contribution is 0.249. The summed E-state index contributed by atoms with van der Waals surface area (Å²) in [5.74, 6) is 0.856. The number of methoxy groups -OCH3 is 1. The molecule has 1 aromatic carbocycles. The van der Waals surface area contributed by atoms with Crippen LogP contribution in [0, 0.1) is 0 Å². The Morgan fingerprint density at radius 1 is 1.42 bits per heavy atom. The van der Waals surface area contributed by atoms with Crippen molar-refractivity contribution in [1.82, 2.24) is 5.43 Å². The van der Waals surface area contributed by atoms with Gasteiger partial charge in [0.05, 0.1) is 7.11 Å². The third-order valence-corrected chi connectivity index (χ3v) is 3.61. The maximum atomic E-state index is 10.8. The summed E-state index contributed by atoms with van der Waals surface area (Å²) in [4.78, 5) is 10.8. The highest BCUT2D eigenvalue weighted by Crippen LogP contribution is 2.40. The van der Waals surface area contributed by atoms with Crippen molar-refractivity contribution < 1.29 is 9.53 Å². The molecular weight excluding hydrogens is 242 g/mol. The molecule has 0 saturated carbocycles. The Labute approximate surface area is 112 Å². The minimum absolute atomic E-state index is 0.289. The second-order valence-corrected chi connectivity index (χ2v) is 5.15. The summed E-state index contributed by atoms with van der Waals surface area (Å²) in [6.45, 7) is 4.16. The van der Waals surface area contributed by atoms with Crippen LogP contribution in [0.2, 0.25) is 0 Å². The van der Waals surface area contributed by atoms with E-state index in [0.29, 0.717) is 0 Å². The molecular formula is C14H19N3O2. The number of fused-ring (bicyclic) bond motifs is 1. The average Bonchev–Trinajstić information content (AvgIpc) is 2.36. The number of nitrogens with two attached hydrogens (primary N) is 1. The number of nitrogens with zero attached hydrogens (tertiary/aromatic N) is 1. The first-order chi connectivity index (χ1) is 8.96. The topological polar surface area (TPSA) is 76.7 Å². The number of carbonyl (C=O) groups is 1. The van der Waals surface area contributed by atoms with Crippen LogP contribution in [0.5, 0.6) is 5.75 Å². The van der Waals surface area contributed by atoms with Crippen LogP contribution in [-0.2, 0) is 11.8 Å². The first kappa shape index (κ1) is 13.4. The lowest BCUT2D eigenvalue weighted by Crippen LogP contribution is -2.37. The molecule has 3 N–H and O–H groups in total. The zero-order chi connectivity index (χ0) is 14.0. The van der Waals surface area contributed by atoms with Crippen molar-refractivity contribution in [3.8, 4) is 5.75 Å². The third kappa shape index (κ3) is 2.41. The zero-order valence-corrected chi connectivity index (χ0v) is 11.5. The van der Waals surface area contributed by atoms with E-state index in [0.717, 1.165) is 29.9 Å². The molecule has 1 aliphatic rings. The van der Waals surface area contributed by atoms with Gasteiger partial charge in [-0.25, -0.2) is 10.2 Å². The highest BCUT2D eigenvalue weighted by Gasteiger charge is 2.36. The van der Waals surface area contributed by atoms with E-state index in [4.69, 9.17) is 10.5 Å². The lowest BCUT2D eigenvalue weighted by atomic mass is 9.71. The minimum Gasteiger partial charge on any atom is -0.496 e. The van der Waals surface area contributed by atoms with Crippen molar-refractivity contribution in [3.05, 3.63) is 29.3 Å². The van der Waals surface area contributed by atoms with Crippen LogP contribution in [0.1, 0.15) is 31.4 Å². The number of carbonyl (C=O) groups excluding carboxylic acids is 1. The molecule has 0 heterocycles. The summed E-state index contributed by atoms with van der Waals surface area (Å²) in [5.41, 5.74) is 10.4. The van der Waals surface area contributed by atoms with Crippen LogP contribution < -0.4 is 15.9 Å². The van der Waals surface area contributed by atoms with E-state index >= 15 is 0 Å². The van der Waals surface area contributed by atoms with E-state index in [1.165, 1.54) is 5.56 Å². The van der Waals surface area contributed by atoms with Gasteiger partial charge in [0, 0.05) is 16.7 Å². The molecule has 102 valence electrons. The molecule has 0 aliphatic heterocycles. The third-order valence-electron chi connectivity index (χ3n) is 3.61. The highest BCUT2D eigenvalue weighted by molar-refractivity contribution is 5.97. The van der Waals surface area contributed by atoms with E-state index < -0.39 is 6.03 Å². The van der Waals surface area contributed by atoms with Crippen molar-refractivity contribution in [2.45, 2.75) is 32.1 Å². The van der Waals surface area contributed by atoms with Crippen LogP contribution >= 0.6 is 0 Å². The van der Waals surface area contributed by atoms with Gasteiger partial charge in [0.25, 0.3) is 0 Å². The molecule has 0 saturated heterocycles. The molecule has 0 spiro atoms. The summed E-state index contributed by atoms with van der Waals surface area (Å²) in [6.07, 6.45) is 1.68. The lowest BCUT2D eigenvalue weighted by Gasteiger charge is -2.35. The van der Waals surface area contributed by atoms with Crippen molar-refractivity contribution in [2.24, 2.45) is 10.8 Å². The number of benzene rings is 1. The number of urea groups is 1. The Morgan fingerprint density at radius 2 is 2.16 bits per heavy atom. The number of primary amides is 1. The zero-order valence-electron chi connectivity index (χ0n) is 11.5. The maximum Gasteiger partial charge on any atom is 0.332 e. The summed E-state index contributed by atoms with van der Waals surface area (Å²) in [6, 6.07) is 5.41. The van der Waals surface area contributed by atoms with Crippen LogP contribution in [-0.4, -0.2) is 18.9 Å². The first-order valence-corrected chi connectivity index (χ1v) is 6.25. The molecule has 1 aliphatic carbocycles. The van der Waals surface area contributed by atoms with Crippen molar-refractivity contribution in [3.63, 3.8) is 0 Å². The van der Waals surface area contributed by atoms with Crippen molar-refractivity contribution in [1.29, 1.82) is 0 Å². The van der Waals surface area contributed by atoms with E-state index in [1.54, 1.807) is 7.11 Å². The maximum absolute atomic E-state index is 10.8. The molecule has 0 aromatic heterocycles. The van der Waals surface area contributed by atoms with Crippen LogP contribution in [0.25, 0.3) is 0 Å². The van der Waals surface area contributed by atoms with Gasteiger partial charge < -0.3 is 10.5 Å². The van der Waals surface area contributed by atoms with Gasteiger partial charge >= 0.3 is 6.03 Å². The number of hydrogen-bond acceptors (Lipinski definition) is 3. The Balaban J connectivity index is 2.47. The quantitative estimate of drug-likeness (QED) is 0.798. The fourth-order valence-electron chi connectivity index (χ4n) is 2.69. The normalized spacial score (nSPS) is 18.8. The van der Waals surface area contributed by atoms with E-state index in [-0.39, 0.29) is 5.41 Å². The first-order valence-electron chi connectivity index (χ1n) is 6.25. The monoisotopic (exact) mass is 261 g/mol. The Bertz CT molecular complexity index is 521. The van der Waals surface area contributed by atoms with Gasteiger partial charge in [-0.05, 0) is 24.5 Å². The predicted octanol–water partition coefficient (Wildman–Crippen LogP) is 1.94. The fraction of sp³-hybridized carbons (Fsp3) is 0.429. The van der Waals surface area contributed by atoms with Gasteiger partial charge in [-0.15, -0.1) is 0 Å². The molecule has 0 atom stereocenters. The Hall–Kier alpha value is -2.04. The van der Waals surface area contributed by atoms with E-state index in [1.807, 2.05) is 12.1 Å². The van der Waals surface area contributed by atoms with Gasteiger partial charge in [-0.1, -0.05) is 26.0 Å². The Morgan fingerprint density at radius 3 is 2.79 bits per heavy atom. The molecule has 0 fully saturated rings. The smallest absolute Gasteiger partial charge is 0.332 e. The molecule has 2 rings (SSSR count). The second-order valence-electron chi connectivity index (χ2n) is 5.15. The van der Waals surface area contributed by atoms with Gasteiger partial charge in [0.2, 0.25) is 0 Å². The SMILES string of the molecule is COc1cccc2c1C(C)(C)/C(=N/NC(N)=O)CC2. The highest BCUT2D eigenvalue weighted by atomic mass is 16.5. The number of hydrazone groups is 1. The largest absolute Gasteiger partial charge is 0.496 e. The standard InChI is InChI=1S/C14H19N3O2/c1-14(2)11(16-17-13(15)18)8-7-9-5-4-6-10(19-3)12(9)14/h4-6H,7-8H2,1-3H3,(H3,15,17,18)/b16-11+. The molecule has 0 radical (unpaired) electrons. The minimum atomic E-state index is -0.644. The van der Waals surface area contributed by atoms with Crippen molar-refractivity contribution in [2.75, 3.05) is 7.11 Å². The van der Waals surface area contributed by atoms with Gasteiger partial charge in [0.15, 0.2) is 0 Å². The summed E-state index contributed by atoms with van der Waals surface area (Å²) in [7, 11) is 1.67. The number of ether oxygens (including phenoxy) is 1. The van der Waals surface area contributed by atoms with E-state index in [2.05, 4.69) is 30.4 Å². The molecule has 0 bridgehead atoms. The van der Waals surface area contributed by atoms with Crippen molar-refractivity contribution >= 4 is 11.7 Å². The van der Waals surface area contributed by atoms with Crippen LogP contribution in [0.4, 0.5) is 4.79 Å². The number of rotatable bonds is 2. The second kappa shape index (κ2) is 4.91. The molecule has 2 amide bonds. The number of nitrogens with one attached hydrogen (secondary N) is 1. The van der Waals surface area contributed by atoms with Gasteiger partial charge in [0.1, 0.15) is 5.75 Å². The predicted molar refractivity (Wildman–Crippen MR) is 74.5 cm³/mol. The van der Waals surface area contributed by atoms with E-state index in [9.17, 15) is 4.79 Å². The summed E-state index contributed by atoms with van der Waals surface area (Å²) < 4.78 is 5.46. The Kier molecular flexibility index (Phi) is 3.46. The van der Waals surface area contributed by atoms with Gasteiger partial charge in [-0.2, -0.15) is 5.10 Å². The summed E-state index contributed by atoms with van der Waals surface area (Å²) >= 11 is 0.